The van der Waals surface area contributed by atoms with Crippen LogP contribution in [0.5, 0.6) is 0 Å². The van der Waals surface area contributed by atoms with E-state index < -0.39 is 0 Å². The standard InChI is InChI=1S/C25H35N3O/c1-4-28(5-2)24-14-10-21(11-15-24)17-26-25(29)23-12-8-22(9-13-23)19-27-16-6-7-20(3)18-27/h8-15,20H,4-7,16-19H2,1-3H3,(H,26,29)/t20-/m1/s1. The lowest BCUT2D eigenvalue weighted by Gasteiger charge is -2.30. The Labute approximate surface area is 175 Å². The number of piperidine rings is 1. The third-order valence-electron chi connectivity index (χ3n) is 5.88. The summed E-state index contributed by atoms with van der Waals surface area (Å²) in [7, 11) is 0. The van der Waals surface area contributed by atoms with E-state index in [0.717, 1.165) is 36.7 Å². The monoisotopic (exact) mass is 393 g/mol. The minimum absolute atomic E-state index is 0.0176. The lowest BCUT2D eigenvalue weighted by atomic mass is 9.99. The van der Waals surface area contributed by atoms with Crippen LogP contribution >= 0.6 is 0 Å². The minimum atomic E-state index is -0.0176. The number of hydrogen-bond donors (Lipinski definition) is 1. The van der Waals surface area contributed by atoms with Gasteiger partial charge in [-0.05, 0) is 74.5 Å². The number of nitrogens with zero attached hydrogens (tertiary/aromatic N) is 2. The predicted molar refractivity (Wildman–Crippen MR) is 121 cm³/mol. The Kier molecular flexibility index (Phi) is 7.70. The topological polar surface area (TPSA) is 35.6 Å². The molecule has 0 spiro atoms. The highest BCUT2D eigenvalue weighted by Gasteiger charge is 2.16. The fourth-order valence-corrected chi connectivity index (χ4v) is 4.15. The van der Waals surface area contributed by atoms with Gasteiger partial charge in [-0.3, -0.25) is 9.69 Å². The highest BCUT2D eigenvalue weighted by molar-refractivity contribution is 5.94. The molecule has 1 saturated heterocycles. The van der Waals surface area contributed by atoms with Gasteiger partial charge in [0.1, 0.15) is 0 Å². The summed E-state index contributed by atoms with van der Waals surface area (Å²) in [5.74, 6) is 0.769. The molecule has 4 heteroatoms. The van der Waals surface area contributed by atoms with Crippen molar-refractivity contribution in [3.8, 4) is 0 Å². The highest BCUT2D eigenvalue weighted by Crippen LogP contribution is 2.18. The molecule has 0 bridgehead atoms. The molecule has 1 aliphatic rings. The smallest absolute Gasteiger partial charge is 0.251 e. The Morgan fingerprint density at radius 1 is 1.03 bits per heavy atom. The van der Waals surface area contributed by atoms with E-state index in [1.54, 1.807) is 0 Å². The molecule has 4 nitrogen and oxygen atoms in total. The maximum absolute atomic E-state index is 12.5. The Morgan fingerprint density at radius 3 is 2.31 bits per heavy atom. The van der Waals surface area contributed by atoms with E-state index in [0.29, 0.717) is 6.54 Å². The first kappa shape index (κ1) is 21.4. The van der Waals surface area contributed by atoms with Crippen LogP contribution in [-0.2, 0) is 13.1 Å². The maximum atomic E-state index is 12.5. The van der Waals surface area contributed by atoms with Gasteiger partial charge < -0.3 is 10.2 Å². The molecule has 0 radical (unpaired) electrons. The number of amides is 1. The van der Waals surface area contributed by atoms with Crippen LogP contribution in [0.25, 0.3) is 0 Å². The summed E-state index contributed by atoms with van der Waals surface area (Å²) in [5, 5.41) is 3.04. The van der Waals surface area contributed by atoms with Crippen molar-refractivity contribution in [3.05, 3.63) is 65.2 Å². The lowest BCUT2D eigenvalue weighted by Crippen LogP contribution is -2.33. The molecule has 2 aromatic rings. The van der Waals surface area contributed by atoms with Gasteiger partial charge in [-0.1, -0.05) is 31.2 Å². The summed E-state index contributed by atoms with van der Waals surface area (Å²) < 4.78 is 0. The summed E-state index contributed by atoms with van der Waals surface area (Å²) in [6, 6.07) is 16.5. The largest absolute Gasteiger partial charge is 0.372 e. The molecular weight excluding hydrogens is 358 g/mol. The third kappa shape index (κ3) is 6.07. The minimum Gasteiger partial charge on any atom is -0.372 e. The van der Waals surface area contributed by atoms with Gasteiger partial charge in [-0.2, -0.15) is 0 Å². The third-order valence-corrected chi connectivity index (χ3v) is 5.88. The Hall–Kier alpha value is -2.33. The SMILES string of the molecule is CCN(CC)c1ccc(CNC(=O)c2ccc(CN3CCC[C@@H](C)C3)cc2)cc1. The Morgan fingerprint density at radius 2 is 1.69 bits per heavy atom. The molecule has 1 atom stereocenters. The zero-order valence-corrected chi connectivity index (χ0v) is 18.2. The van der Waals surface area contributed by atoms with Gasteiger partial charge in [0.25, 0.3) is 5.91 Å². The van der Waals surface area contributed by atoms with Gasteiger partial charge in [0.05, 0.1) is 0 Å². The number of likely N-dealkylation sites (tertiary alicyclic amines) is 1. The van der Waals surface area contributed by atoms with Crippen molar-refractivity contribution < 1.29 is 4.79 Å². The zero-order valence-electron chi connectivity index (χ0n) is 18.2. The maximum Gasteiger partial charge on any atom is 0.251 e. The van der Waals surface area contributed by atoms with Crippen molar-refractivity contribution in [1.29, 1.82) is 0 Å². The molecular formula is C25H35N3O. The van der Waals surface area contributed by atoms with Crippen molar-refractivity contribution >= 4 is 11.6 Å². The van der Waals surface area contributed by atoms with Gasteiger partial charge in [-0.25, -0.2) is 0 Å². The summed E-state index contributed by atoms with van der Waals surface area (Å²) in [6.07, 6.45) is 2.63. The van der Waals surface area contributed by atoms with E-state index in [-0.39, 0.29) is 5.91 Å². The van der Waals surface area contributed by atoms with Gasteiger partial charge in [0, 0.05) is 44.0 Å². The van der Waals surface area contributed by atoms with Crippen molar-refractivity contribution in [1.82, 2.24) is 10.2 Å². The Bertz CT molecular complexity index is 766. The first-order valence-corrected chi connectivity index (χ1v) is 11.0. The summed E-state index contributed by atoms with van der Waals surface area (Å²) in [5.41, 5.74) is 4.34. The summed E-state index contributed by atoms with van der Waals surface area (Å²) in [4.78, 5) is 17.3. The quantitative estimate of drug-likeness (QED) is 0.706. The molecule has 29 heavy (non-hydrogen) atoms. The molecule has 156 valence electrons. The molecule has 0 saturated carbocycles. The van der Waals surface area contributed by atoms with E-state index in [2.05, 4.69) is 72.3 Å². The van der Waals surface area contributed by atoms with E-state index in [1.807, 2.05) is 12.1 Å². The second kappa shape index (κ2) is 10.4. The van der Waals surface area contributed by atoms with E-state index >= 15 is 0 Å². The molecule has 1 heterocycles. The van der Waals surface area contributed by atoms with Crippen LogP contribution in [-0.4, -0.2) is 37.0 Å². The van der Waals surface area contributed by atoms with Gasteiger partial charge in [0.15, 0.2) is 0 Å². The van der Waals surface area contributed by atoms with Gasteiger partial charge >= 0.3 is 0 Å². The normalized spacial score (nSPS) is 17.1. The number of nitrogens with one attached hydrogen (secondary N) is 1. The number of anilines is 1. The zero-order chi connectivity index (χ0) is 20.6. The fraction of sp³-hybridized carbons (Fsp3) is 0.480. The van der Waals surface area contributed by atoms with Crippen molar-refractivity contribution in [2.24, 2.45) is 5.92 Å². The van der Waals surface area contributed by atoms with Gasteiger partial charge in [0.2, 0.25) is 0 Å². The van der Waals surface area contributed by atoms with Crippen LogP contribution in [0.2, 0.25) is 0 Å². The summed E-state index contributed by atoms with van der Waals surface area (Å²) >= 11 is 0. The first-order chi connectivity index (χ1) is 14.1. The van der Waals surface area contributed by atoms with Crippen LogP contribution in [0.1, 0.15) is 55.1 Å². The van der Waals surface area contributed by atoms with Crippen molar-refractivity contribution in [3.63, 3.8) is 0 Å². The van der Waals surface area contributed by atoms with Crippen LogP contribution in [0.15, 0.2) is 48.5 Å². The van der Waals surface area contributed by atoms with Crippen molar-refractivity contribution in [2.75, 3.05) is 31.1 Å². The molecule has 1 fully saturated rings. The van der Waals surface area contributed by atoms with Crippen LogP contribution in [0.3, 0.4) is 0 Å². The fourth-order valence-electron chi connectivity index (χ4n) is 4.15. The van der Waals surface area contributed by atoms with E-state index in [1.165, 1.54) is 37.2 Å². The molecule has 1 aliphatic heterocycles. The number of benzene rings is 2. The highest BCUT2D eigenvalue weighted by atomic mass is 16.1. The second-order valence-electron chi connectivity index (χ2n) is 8.20. The second-order valence-corrected chi connectivity index (χ2v) is 8.20. The average molecular weight is 394 g/mol. The molecule has 3 rings (SSSR count). The van der Waals surface area contributed by atoms with Crippen molar-refractivity contribution in [2.45, 2.75) is 46.7 Å². The van der Waals surface area contributed by atoms with Crippen LogP contribution < -0.4 is 10.2 Å². The summed E-state index contributed by atoms with van der Waals surface area (Å²) in [6.45, 7) is 12.5. The average Bonchev–Trinajstić information content (AvgIpc) is 2.74. The van der Waals surface area contributed by atoms with Gasteiger partial charge in [-0.15, -0.1) is 0 Å². The number of hydrogen-bond acceptors (Lipinski definition) is 3. The lowest BCUT2D eigenvalue weighted by molar-refractivity contribution is 0.0951. The number of carbonyl (C=O) groups is 1. The first-order valence-electron chi connectivity index (χ1n) is 11.0. The molecule has 0 unspecified atom stereocenters. The Balaban J connectivity index is 1.50. The molecule has 0 aliphatic carbocycles. The molecule has 1 N–H and O–H groups in total. The molecule has 1 amide bonds. The predicted octanol–water partition coefficient (Wildman–Crippen LogP) is 4.69. The number of rotatable bonds is 8. The molecule has 0 aromatic heterocycles. The molecule has 2 aromatic carbocycles. The van der Waals surface area contributed by atoms with E-state index in [9.17, 15) is 4.79 Å². The van der Waals surface area contributed by atoms with Crippen LogP contribution in [0.4, 0.5) is 5.69 Å². The number of carbonyl (C=O) groups excluding carboxylic acids is 1. The van der Waals surface area contributed by atoms with E-state index in [4.69, 9.17) is 0 Å². The van der Waals surface area contributed by atoms with Crippen LogP contribution in [0, 0.1) is 5.92 Å².